The SMILES string of the molecule is CC(C)(C)c1ccccc1NC(=O)C1CC(=O)N(Cc2cccnc2)C1. The van der Waals surface area contributed by atoms with Gasteiger partial charge in [-0.3, -0.25) is 14.6 Å². The first-order valence-corrected chi connectivity index (χ1v) is 8.91. The summed E-state index contributed by atoms with van der Waals surface area (Å²) in [5.74, 6) is -0.408. The quantitative estimate of drug-likeness (QED) is 0.919. The Hall–Kier alpha value is -2.69. The summed E-state index contributed by atoms with van der Waals surface area (Å²) in [4.78, 5) is 30.8. The second kappa shape index (κ2) is 7.28. The molecular weight excluding hydrogens is 326 g/mol. The van der Waals surface area contributed by atoms with Gasteiger partial charge in [-0.15, -0.1) is 0 Å². The van der Waals surface area contributed by atoms with Crippen LogP contribution in [0.3, 0.4) is 0 Å². The van der Waals surface area contributed by atoms with Gasteiger partial charge in [0.25, 0.3) is 0 Å². The minimum absolute atomic E-state index is 0.0121. The number of hydrogen-bond donors (Lipinski definition) is 1. The molecule has 5 nitrogen and oxygen atoms in total. The summed E-state index contributed by atoms with van der Waals surface area (Å²) >= 11 is 0. The second-order valence-electron chi connectivity index (χ2n) is 7.82. The molecule has 2 aromatic rings. The fourth-order valence-corrected chi connectivity index (χ4v) is 3.29. The summed E-state index contributed by atoms with van der Waals surface area (Å²) < 4.78 is 0. The van der Waals surface area contributed by atoms with E-state index in [0.717, 1.165) is 16.8 Å². The summed E-state index contributed by atoms with van der Waals surface area (Å²) in [6.07, 6.45) is 3.71. The van der Waals surface area contributed by atoms with Crippen molar-refractivity contribution < 1.29 is 9.59 Å². The molecule has 1 fully saturated rings. The predicted octanol–water partition coefficient (Wildman–Crippen LogP) is 3.37. The zero-order chi connectivity index (χ0) is 18.7. The van der Waals surface area contributed by atoms with Crippen LogP contribution in [0.1, 0.15) is 38.3 Å². The molecule has 1 aromatic heterocycles. The molecule has 0 spiro atoms. The zero-order valence-electron chi connectivity index (χ0n) is 15.5. The summed E-state index contributed by atoms with van der Waals surface area (Å²) in [6.45, 7) is 7.29. The topological polar surface area (TPSA) is 62.3 Å². The van der Waals surface area contributed by atoms with Crippen molar-refractivity contribution in [3.05, 3.63) is 59.9 Å². The van der Waals surface area contributed by atoms with Crippen LogP contribution >= 0.6 is 0 Å². The van der Waals surface area contributed by atoms with Crippen molar-refractivity contribution >= 4 is 17.5 Å². The number of benzene rings is 1. The lowest BCUT2D eigenvalue weighted by Crippen LogP contribution is -2.28. The van der Waals surface area contributed by atoms with Gasteiger partial charge < -0.3 is 10.2 Å². The van der Waals surface area contributed by atoms with Crippen molar-refractivity contribution in [3.8, 4) is 0 Å². The molecule has 136 valence electrons. The molecule has 1 atom stereocenters. The number of likely N-dealkylation sites (tertiary alicyclic amines) is 1. The fourth-order valence-electron chi connectivity index (χ4n) is 3.29. The number of anilines is 1. The number of carbonyl (C=O) groups excluding carboxylic acids is 2. The maximum atomic E-state index is 12.7. The second-order valence-corrected chi connectivity index (χ2v) is 7.82. The lowest BCUT2D eigenvalue weighted by atomic mass is 9.85. The van der Waals surface area contributed by atoms with Gasteiger partial charge in [0.2, 0.25) is 11.8 Å². The number of amides is 2. The molecule has 1 aliphatic rings. The standard InChI is InChI=1S/C21H25N3O2/c1-21(2,3)17-8-4-5-9-18(17)23-20(26)16-11-19(25)24(14-16)13-15-7-6-10-22-12-15/h4-10,12,16H,11,13-14H2,1-3H3,(H,23,26). The van der Waals surface area contributed by atoms with E-state index in [1.165, 1.54) is 0 Å². The molecule has 1 saturated heterocycles. The smallest absolute Gasteiger partial charge is 0.229 e. The monoisotopic (exact) mass is 351 g/mol. The molecule has 0 bridgehead atoms. The highest BCUT2D eigenvalue weighted by Gasteiger charge is 2.34. The highest BCUT2D eigenvalue weighted by molar-refractivity contribution is 5.97. The van der Waals surface area contributed by atoms with Gasteiger partial charge >= 0.3 is 0 Å². The molecule has 0 aliphatic carbocycles. The van der Waals surface area contributed by atoms with Crippen molar-refractivity contribution in [1.82, 2.24) is 9.88 Å². The fraction of sp³-hybridized carbons (Fsp3) is 0.381. The molecule has 2 heterocycles. The molecule has 26 heavy (non-hydrogen) atoms. The first-order chi connectivity index (χ1) is 12.3. The van der Waals surface area contributed by atoms with Crippen molar-refractivity contribution in [2.75, 3.05) is 11.9 Å². The van der Waals surface area contributed by atoms with E-state index in [0.29, 0.717) is 13.1 Å². The zero-order valence-corrected chi connectivity index (χ0v) is 15.5. The molecule has 2 amide bonds. The number of hydrogen-bond acceptors (Lipinski definition) is 3. The number of carbonyl (C=O) groups is 2. The Balaban J connectivity index is 1.68. The number of para-hydroxylation sites is 1. The first kappa shape index (κ1) is 18.1. The summed E-state index contributed by atoms with van der Waals surface area (Å²) in [7, 11) is 0. The van der Waals surface area contributed by atoms with Crippen LogP contribution in [0, 0.1) is 5.92 Å². The number of rotatable bonds is 4. The van der Waals surface area contributed by atoms with E-state index in [1.54, 1.807) is 17.3 Å². The summed E-state index contributed by atoms with van der Waals surface area (Å²) in [5.41, 5.74) is 2.81. The van der Waals surface area contributed by atoms with Gasteiger partial charge in [0, 0.05) is 37.6 Å². The Kier molecular flexibility index (Phi) is 5.07. The Morgan fingerprint density at radius 3 is 2.69 bits per heavy atom. The normalized spacial score (nSPS) is 17.4. The number of nitrogens with one attached hydrogen (secondary N) is 1. The van der Waals surface area contributed by atoms with Crippen LogP contribution in [-0.2, 0) is 21.5 Å². The predicted molar refractivity (Wildman–Crippen MR) is 102 cm³/mol. The highest BCUT2D eigenvalue weighted by Crippen LogP contribution is 2.30. The van der Waals surface area contributed by atoms with Crippen molar-refractivity contribution in [2.24, 2.45) is 5.92 Å². The molecule has 0 radical (unpaired) electrons. The van der Waals surface area contributed by atoms with Crippen molar-refractivity contribution in [2.45, 2.75) is 39.2 Å². The number of aromatic nitrogens is 1. The third-order valence-electron chi connectivity index (χ3n) is 4.67. The van der Waals surface area contributed by atoms with Crippen LogP contribution in [0.4, 0.5) is 5.69 Å². The molecule has 5 heteroatoms. The molecule has 0 saturated carbocycles. The van der Waals surface area contributed by atoms with Gasteiger partial charge in [-0.25, -0.2) is 0 Å². The molecule has 1 aromatic carbocycles. The van der Waals surface area contributed by atoms with E-state index in [9.17, 15) is 9.59 Å². The summed E-state index contributed by atoms with van der Waals surface area (Å²) in [5, 5.41) is 3.03. The Bertz CT molecular complexity index is 796. The van der Waals surface area contributed by atoms with E-state index in [-0.39, 0.29) is 29.6 Å². The van der Waals surface area contributed by atoms with E-state index in [1.807, 2.05) is 36.4 Å². The number of nitrogens with zero attached hydrogens (tertiary/aromatic N) is 2. The van der Waals surface area contributed by atoms with Gasteiger partial charge in [0.1, 0.15) is 0 Å². The van der Waals surface area contributed by atoms with Gasteiger partial charge in [-0.1, -0.05) is 45.0 Å². The van der Waals surface area contributed by atoms with Gasteiger partial charge in [0.05, 0.1) is 5.92 Å². The van der Waals surface area contributed by atoms with E-state index in [2.05, 4.69) is 31.1 Å². The van der Waals surface area contributed by atoms with Gasteiger partial charge in [0.15, 0.2) is 0 Å². The van der Waals surface area contributed by atoms with Crippen LogP contribution in [0.15, 0.2) is 48.8 Å². The Morgan fingerprint density at radius 1 is 1.23 bits per heavy atom. The maximum Gasteiger partial charge on any atom is 0.229 e. The minimum Gasteiger partial charge on any atom is -0.337 e. The highest BCUT2D eigenvalue weighted by atomic mass is 16.2. The lowest BCUT2D eigenvalue weighted by Gasteiger charge is -2.23. The lowest BCUT2D eigenvalue weighted by molar-refractivity contribution is -0.128. The Labute approximate surface area is 154 Å². The first-order valence-electron chi connectivity index (χ1n) is 8.91. The van der Waals surface area contributed by atoms with Crippen LogP contribution in [0.5, 0.6) is 0 Å². The average Bonchev–Trinajstić information content (AvgIpc) is 2.96. The molecule has 1 aliphatic heterocycles. The molecule has 3 rings (SSSR count). The minimum atomic E-state index is -0.327. The van der Waals surface area contributed by atoms with Crippen LogP contribution in [0.2, 0.25) is 0 Å². The van der Waals surface area contributed by atoms with Gasteiger partial charge in [-0.05, 0) is 28.7 Å². The molecule has 1 unspecified atom stereocenters. The van der Waals surface area contributed by atoms with Crippen LogP contribution < -0.4 is 5.32 Å². The van der Waals surface area contributed by atoms with E-state index in [4.69, 9.17) is 0 Å². The third kappa shape index (κ3) is 4.10. The van der Waals surface area contributed by atoms with Crippen LogP contribution in [0.25, 0.3) is 0 Å². The average molecular weight is 351 g/mol. The Morgan fingerprint density at radius 2 is 2.00 bits per heavy atom. The van der Waals surface area contributed by atoms with Crippen molar-refractivity contribution in [1.29, 1.82) is 0 Å². The maximum absolute atomic E-state index is 12.7. The van der Waals surface area contributed by atoms with Crippen molar-refractivity contribution in [3.63, 3.8) is 0 Å². The van der Waals surface area contributed by atoms with Gasteiger partial charge in [-0.2, -0.15) is 0 Å². The number of pyridine rings is 1. The molecule has 1 N–H and O–H groups in total. The largest absolute Gasteiger partial charge is 0.337 e. The van der Waals surface area contributed by atoms with E-state index >= 15 is 0 Å². The molecular formula is C21H25N3O2. The third-order valence-corrected chi connectivity index (χ3v) is 4.67. The van der Waals surface area contributed by atoms with Crippen LogP contribution in [-0.4, -0.2) is 28.2 Å². The summed E-state index contributed by atoms with van der Waals surface area (Å²) in [6, 6.07) is 11.6. The van der Waals surface area contributed by atoms with E-state index < -0.39 is 0 Å².